The predicted octanol–water partition coefficient (Wildman–Crippen LogP) is 6.05. The molecule has 3 aromatic carbocycles. The Balaban J connectivity index is 1.40. The lowest BCUT2D eigenvalue weighted by atomic mass is 10.2. The average molecular weight is 594 g/mol. The first-order chi connectivity index (χ1) is 19.6. The van der Waals surface area contributed by atoms with Crippen molar-refractivity contribution in [2.75, 3.05) is 30.4 Å². The highest BCUT2D eigenvalue weighted by molar-refractivity contribution is 8.18. The number of rotatable bonds is 10. The molecule has 0 radical (unpaired) electrons. The molecular formula is C30H28ClN3O6S. The summed E-state index contributed by atoms with van der Waals surface area (Å²) >= 11 is 6.84. The van der Waals surface area contributed by atoms with Gasteiger partial charge in [-0.1, -0.05) is 35.9 Å². The molecule has 1 aliphatic heterocycles. The highest BCUT2D eigenvalue weighted by atomic mass is 35.5. The van der Waals surface area contributed by atoms with Gasteiger partial charge in [0.15, 0.2) is 18.1 Å². The van der Waals surface area contributed by atoms with Gasteiger partial charge in [-0.3, -0.25) is 24.1 Å². The van der Waals surface area contributed by atoms with Crippen LogP contribution in [0.3, 0.4) is 0 Å². The van der Waals surface area contributed by atoms with Crippen LogP contribution >= 0.6 is 23.4 Å². The predicted molar refractivity (Wildman–Crippen MR) is 160 cm³/mol. The molecule has 0 bridgehead atoms. The van der Waals surface area contributed by atoms with Gasteiger partial charge in [0.1, 0.15) is 6.54 Å². The summed E-state index contributed by atoms with van der Waals surface area (Å²) in [7, 11) is 0. The molecule has 1 fully saturated rings. The smallest absolute Gasteiger partial charge is 0.294 e. The molecule has 3 aromatic rings. The number of thioether (sulfide) groups is 1. The average Bonchev–Trinajstić information content (AvgIpc) is 3.17. The van der Waals surface area contributed by atoms with Gasteiger partial charge in [-0.25, -0.2) is 0 Å². The number of carbonyl (C=O) groups excluding carboxylic acids is 4. The van der Waals surface area contributed by atoms with Crippen LogP contribution in [-0.2, 0) is 14.4 Å². The molecule has 4 rings (SSSR count). The molecule has 212 valence electrons. The lowest BCUT2D eigenvalue weighted by Crippen LogP contribution is -2.36. The molecule has 0 spiro atoms. The number of hydrogen-bond donors (Lipinski definition) is 2. The summed E-state index contributed by atoms with van der Waals surface area (Å²) in [4.78, 5) is 51.4. The largest absolute Gasteiger partial charge is 0.490 e. The highest BCUT2D eigenvalue weighted by Gasteiger charge is 2.36. The number of ether oxygens (including phenoxy) is 2. The summed E-state index contributed by atoms with van der Waals surface area (Å²) in [5, 5.41) is 5.37. The van der Waals surface area contributed by atoms with E-state index in [4.69, 9.17) is 21.1 Å². The van der Waals surface area contributed by atoms with Gasteiger partial charge in [0.25, 0.3) is 17.1 Å². The van der Waals surface area contributed by atoms with E-state index in [0.29, 0.717) is 40.1 Å². The quantitative estimate of drug-likeness (QED) is 0.275. The number of imide groups is 1. The van der Waals surface area contributed by atoms with Gasteiger partial charge in [-0.2, -0.15) is 0 Å². The monoisotopic (exact) mass is 593 g/mol. The summed E-state index contributed by atoms with van der Waals surface area (Å²) in [5.41, 5.74) is 3.59. The summed E-state index contributed by atoms with van der Waals surface area (Å²) in [6.45, 7) is 5.25. The standard InChI is InChI=1S/C30H28ClN3O6S/c1-4-39-25-13-20(9-11-24(25)40-17-28(36)33-21-7-5-6-18(2)12-21)14-26-29(37)34(30(38)41-26)16-27(35)32-22-10-8-19(3)23(31)15-22/h5-15H,4,16-17H2,1-3H3,(H,32,35)(H,33,36)/b26-14+. The van der Waals surface area contributed by atoms with Gasteiger partial charge in [-0.15, -0.1) is 0 Å². The van der Waals surface area contributed by atoms with E-state index in [9.17, 15) is 19.2 Å². The molecule has 0 aromatic heterocycles. The van der Waals surface area contributed by atoms with Crippen molar-refractivity contribution >= 4 is 63.8 Å². The third-order valence-electron chi connectivity index (χ3n) is 5.86. The second-order valence-electron chi connectivity index (χ2n) is 9.13. The van der Waals surface area contributed by atoms with Gasteiger partial charge in [0, 0.05) is 16.4 Å². The maximum atomic E-state index is 12.9. The van der Waals surface area contributed by atoms with Crippen LogP contribution in [0.5, 0.6) is 11.5 Å². The fourth-order valence-electron chi connectivity index (χ4n) is 3.87. The van der Waals surface area contributed by atoms with E-state index >= 15 is 0 Å². The lowest BCUT2D eigenvalue weighted by molar-refractivity contribution is -0.127. The fourth-order valence-corrected chi connectivity index (χ4v) is 4.89. The molecule has 4 amide bonds. The Morgan fingerprint density at radius 3 is 2.41 bits per heavy atom. The lowest BCUT2D eigenvalue weighted by Gasteiger charge is -2.13. The number of nitrogens with zero attached hydrogens (tertiary/aromatic N) is 1. The second kappa shape index (κ2) is 13.4. The number of carbonyl (C=O) groups is 4. The molecule has 41 heavy (non-hydrogen) atoms. The fraction of sp³-hybridized carbons (Fsp3) is 0.200. The molecule has 11 heteroatoms. The summed E-state index contributed by atoms with van der Waals surface area (Å²) in [5.74, 6) is -0.710. The number of hydrogen-bond acceptors (Lipinski definition) is 7. The van der Waals surface area contributed by atoms with Crippen LogP contribution in [0.25, 0.3) is 6.08 Å². The van der Waals surface area contributed by atoms with E-state index in [-0.39, 0.29) is 17.4 Å². The topological polar surface area (TPSA) is 114 Å². The van der Waals surface area contributed by atoms with Crippen molar-refractivity contribution in [3.05, 3.63) is 87.3 Å². The molecule has 1 aliphatic rings. The van der Waals surface area contributed by atoms with Crippen LogP contribution in [0, 0.1) is 13.8 Å². The highest BCUT2D eigenvalue weighted by Crippen LogP contribution is 2.35. The number of nitrogens with one attached hydrogen (secondary N) is 2. The molecule has 0 unspecified atom stereocenters. The maximum absolute atomic E-state index is 12.9. The van der Waals surface area contributed by atoms with Gasteiger partial charge in [0.2, 0.25) is 5.91 Å². The first kappa shape index (κ1) is 29.7. The van der Waals surface area contributed by atoms with Gasteiger partial charge < -0.3 is 20.1 Å². The van der Waals surface area contributed by atoms with E-state index < -0.39 is 23.6 Å². The van der Waals surface area contributed by atoms with Crippen molar-refractivity contribution < 1.29 is 28.7 Å². The molecule has 9 nitrogen and oxygen atoms in total. The van der Waals surface area contributed by atoms with Crippen LogP contribution in [0.1, 0.15) is 23.6 Å². The zero-order valence-electron chi connectivity index (χ0n) is 22.7. The van der Waals surface area contributed by atoms with Gasteiger partial charge in [-0.05, 0) is 91.7 Å². The van der Waals surface area contributed by atoms with E-state index in [1.807, 2.05) is 39.0 Å². The Morgan fingerprint density at radius 1 is 0.927 bits per heavy atom. The van der Waals surface area contributed by atoms with E-state index in [0.717, 1.165) is 27.8 Å². The Hall–Kier alpha value is -4.28. The Kier molecular flexibility index (Phi) is 9.69. The van der Waals surface area contributed by atoms with Crippen molar-refractivity contribution in [3.8, 4) is 11.5 Å². The van der Waals surface area contributed by atoms with Gasteiger partial charge >= 0.3 is 0 Å². The van der Waals surface area contributed by atoms with Crippen LogP contribution in [-0.4, -0.2) is 47.6 Å². The number of amides is 4. The van der Waals surface area contributed by atoms with Crippen molar-refractivity contribution in [3.63, 3.8) is 0 Å². The van der Waals surface area contributed by atoms with Crippen LogP contribution in [0.15, 0.2) is 65.6 Å². The zero-order valence-corrected chi connectivity index (χ0v) is 24.2. The van der Waals surface area contributed by atoms with Gasteiger partial charge in [0.05, 0.1) is 11.5 Å². The zero-order chi connectivity index (χ0) is 29.5. The number of aryl methyl sites for hydroxylation is 2. The van der Waals surface area contributed by atoms with Crippen molar-refractivity contribution in [2.24, 2.45) is 0 Å². The Labute approximate surface area is 246 Å². The second-order valence-corrected chi connectivity index (χ2v) is 10.5. The SMILES string of the molecule is CCOc1cc(/C=C2/SC(=O)N(CC(=O)Nc3ccc(C)c(Cl)c3)C2=O)ccc1OCC(=O)Nc1cccc(C)c1. The minimum Gasteiger partial charge on any atom is -0.490 e. The van der Waals surface area contributed by atoms with E-state index in [1.165, 1.54) is 0 Å². The summed E-state index contributed by atoms with van der Waals surface area (Å²) in [6, 6.07) is 17.4. The summed E-state index contributed by atoms with van der Waals surface area (Å²) in [6.07, 6.45) is 1.54. The normalized spacial score (nSPS) is 13.9. The minimum absolute atomic E-state index is 0.162. The van der Waals surface area contributed by atoms with Crippen molar-refractivity contribution in [1.29, 1.82) is 0 Å². The van der Waals surface area contributed by atoms with Crippen LogP contribution in [0.4, 0.5) is 16.2 Å². The van der Waals surface area contributed by atoms with E-state index in [2.05, 4.69) is 10.6 Å². The number of anilines is 2. The third kappa shape index (κ3) is 7.90. The van der Waals surface area contributed by atoms with Crippen molar-refractivity contribution in [2.45, 2.75) is 20.8 Å². The minimum atomic E-state index is -0.580. The first-order valence-electron chi connectivity index (χ1n) is 12.7. The molecule has 1 heterocycles. The maximum Gasteiger partial charge on any atom is 0.294 e. The number of halogens is 1. The Morgan fingerprint density at radius 2 is 1.68 bits per heavy atom. The third-order valence-corrected chi connectivity index (χ3v) is 7.17. The van der Waals surface area contributed by atoms with Crippen molar-refractivity contribution in [1.82, 2.24) is 4.90 Å². The van der Waals surface area contributed by atoms with Crippen LogP contribution in [0.2, 0.25) is 5.02 Å². The molecule has 0 aliphatic carbocycles. The first-order valence-corrected chi connectivity index (χ1v) is 13.9. The molecule has 0 atom stereocenters. The van der Waals surface area contributed by atoms with Crippen LogP contribution < -0.4 is 20.1 Å². The van der Waals surface area contributed by atoms with E-state index in [1.54, 1.807) is 48.5 Å². The molecule has 2 N–H and O–H groups in total. The molecule has 1 saturated heterocycles. The number of benzene rings is 3. The molecule has 0 saturated carbocycles. The molecular weight excluding hydrogens is 566 g/mol. The summed E-state index contributed by atoms with van der Waals surface area (Å²) < 4.78 is 11.4. The Bertz CT molecular complexity index is 1540.